The van der Waals surface area contributed by atoms with Crippen LogP contribution in [0.5, 0.6) is 0 Å². The summed E-state index contributed by atoms with van der Waals surface area (Å²) < 4.78 is 3.03. The van der Waals surface area contributed by atoms with Crippen LogP contribution in [-0.4, -0.2) is 17.0 Å². The lowest BCUT2D eigenvalue weighted by Crippen LogP contribution is -2.27. The molecule has 2 aromatic rings. The number of anilines is 1. The molecule has 3 N–H and O–H groups in total. The van der Waals surface area contributed by atoms with Crippen LogP contribution in [0.25, 0.3) is 0 Å². The van der Waals surface area contributed by atoms with Crippen LogP contribution in [0, 0.1) is 0 Å². The number of rotatable bonds is 5. The van der Waals surface area contributed by atoms with Crippen molar-refractivity contribution in [2.45, 2.75) is 25.3 Å². The first kappa shape index (κ1) is 14.2. The van der Waals surface area contributed by atoms with Gasteiger partial charge in [0.25, 0.3) is 5.91 Å². The summed E-state index contributed by atoms with van der Waals surface area (Å²) in [4.78, 5) is 12.3. The van der Waals surface area contributed by atoms with Gasteiger partial charge in [0.1, 0.15) is 5.69 Å². The Bertz CT molecular complexity index is 644. The zero-order chi connectivity index (χ0) is 14.8. The van der Waals surface area contributed by atoms with Crippen molar-refractivity contribution >= 4 is 27.5 Å². The molecular formula is C16H18BrN3O. The van der Waals surface area contributed by atoms with Crippen molar-refractivity contribution in [3.05, 3.63) is 52.3 Å². The normalized spacial score (nSPS) is 14.1. The highest BCUT2D eigenvalue weighted by molar-refractivity contribution is 9.10. The molecule has 0 bridgehead atoms. The molecule has 1 heterocycles. The van der Waals surface area contributed by atoms with Gasteiger partial charge in [-0.25, -0.2) is 0 Å². The fraction of sp³-hybridized carbons (Fsp3) is 0.312. The van der Waals surface area contributed by atoms with Gasteiger partial charge in [-0.2, -0.15) is 0 Å². The first-order chi connectivity index (χ1) is 10.1. The fourth-order valence-corrected chi connectivity index (χ4v) is 2.82. The minimum atomic E-state index is -0.0111. The summed E-state index contributed by atoms with van der Waals surface area (Å²) in [7, 11) is 0. The van der Waals surface area contributed by atoms with Gasteiger partial charge in [-0.1, -0.05) is 12.1 Å². The lowest BCUT2D eigenvalue weighted by Gasteiger charge is -2.08. The molecule has 0 radical (unpaired) electrons. The van der Waals surface area contributed by atoms with Crippen molar-refractivity contribution in [3.63, 3.8) is 0 Å². The summed E-state index contributed by atoms with van der Waals surface area (Å²) in [5.74, 6) is -0.0111. The van der Waals surface area contributed by atoms with Gasteiger partial charge in [-0.15, -0.1) is 0 Å². The molecule has 1 amide bonds. The quantitative estimate of drug-likeness (QED) is 0.816. The van der Waals surface area contributed by atoms with E-state index in [0.29, 0.717) is 12.6 Å². The van der Waals surface area contributed by atoms with Gasteiger partial charge in [-0.3, -0.25) is 4.79 Å². The summed E-state index contributed by atoms with van der Waals surface area (Å²) in [6.45, 7) is 0.621. The van der Waals surface area contributed by atoms with Crippen molar-refractivity contribution < 1.29 is 4.79 Å². The predicted octanol–water partition coefficient (Wildman–Crippen LogP) is 3.14. The highest BCUT2D eigenvalue weighted by atomic mass is 79.9. The molecule has 1 fully saturated rings. The predicted molar refractivity (Wildman–Crippen MR) is 87.3 cm³/mol. The lowest BCUT2D eigenvalue weighted by molar-refractivity contribution is 0.0944. The van der Waals surface area contributed by atoms with E-state index >= 15 is 0 Å². The zero-order valence-corrected chi connectivity index (χ0v) is 13.3. The largest absolute Gasteiger partial charge is 0.399 e. The van der Waals surface area contributed by atoms with E-state index in [4.69, 9.17) is 5.73 Å². The second-order valence-electron chi connectivity index (χ2n) is 5.43. The van der Waals surface area contributed by atoms with Crippen LogP contribution in [0.3, 0.4) is 0 Å². The summed E-state index contributed by atoms with van der Waals surface area (Å²) in [5, 5.41) is 2.99. The van der Waals surface area contributed by atoms with Crippen LogP contribution in [0.4, 0.5) is 5.69 Å². The van der Waals surface area contributed by atoms with Crippen molar-refractivity contribution in [1.29, 1.82) is 0 Å². The molecule has 4 nitrogen and oxygen atoms in total. The molecule has 0 atom stereocenters. The van der Waals surface area contributed by atoms with Crippen molar-refractivity contribution in [2.24, 2.45) is 0 Å². The Morgan fingerprint density at radius 3 is 2.71 bits per heavy atom. The van der Waals surface area contributed by atoms with Crippen LogP contribution in [0.15, 0.2) is 41.0 Å². The topological polar surface area (TPSA) is 60.0 Å². The molecule has 5 heteroatoms. The third kappa shape index (κ3) is 3.47. The van der Waals surface area contributed by atoms with E-state index in [9.17, 15) is 4.79 Å². The Morgan fingerprint density at radius 1 is 1.33 bits per heavy atom. The number of nitrogens with one attached hydrogen (secondary N) is 1. The first-order valence-electron chi connectivity index (χ1n) is 7.13. The van der Waals surface area contributed by atoms with Crippen LogP contribution >= 0.6 is 15.9 Å². The number of aromatic nitrogens is 1. The fourth-order valence-electron chi connectivity index (χ4n) is 2.38. The van der Waals surface area contributed by atoms with Gasteiger partial charge in [0.15, 0.2) is 0 Å². The van der Waals surface area contributed by atoms with Crippen molar-refractivity contribution in [1.82, 2.24) is 9.88 Å². The summed E-state index contributed by atoms with van der Waals surface area (Å²) in [6, 6.07) is 10.1. The third-order valence-corrected chi connectivity index (χ3v) is 4.10. The van der Waals surface area contributed by atoms with Gasteiger partial charge in [0.2, 0.25) is 0 Å². The summed E-state index contributed by atoms with van der Waals surface area (Å²) in [5.41, 5.74) is 8.32. The van der Waals surface area contributed by atoms with E-state index < -0.39 is 0 Å². The molecule has 21 heavy (non-hydrogen) atoms. The van der Waals surface area contributed by atoms with E-state index in [0.717, 1.165) is 35.1 Å². The Kier molecular flexibility index (Phi) is 4.01. The lowest BCUT2D eigenvalue weighted by atomic mass is 10.1. The Balaban J connectivity index is 1.58. The third-order valence-electron chi connectivity index (χ3n) is 3.67. The molecule has 110 valence electrons. The highest BCUT2D eigenvalue weighted by Gasteiger charge is 2.27. The van der Waals surface area contributed by atoms with Crippen LogP contribution < -0.4 is 11.1 Å². The number of benzene rings is 1. The van der Waals surface area contributed by atoms with Crippen molar-refractivity contribution in [3.8, 4) is 0 Å². The number of carbonyl (C=O) groups excluding carboxylic acids is 1. The molecule has 1 aliphatic carbocycles. The zero-order valence-electron chi connectivity index (χ0n) is 11.7. The summed E-state index contributed by atoms with van der Waals surface area (Å²) >= 11 is 3.45. The molecule has 0 unspecified atom stereocenters. The van der Waals surface area contributed by atoms with Gasteiger partial charge in [0, 0.05) is 28.9 Å². The Labute approximate surface area is 132 Å². The molecule has 1 aromatic carbocycles. The molecule has 3 rings (SSSR count). The van der Waals surface area contributed by atoms with E-state index in [1.807, 2.05) is 36.5 Å². The first-order valence-corrected chi connectivity index (χ1v) is 7.93. The van der Waals surface area contributed by atoms with Gasteiger partial charge < -0.3 is 15.6 Å². The number of hydrogen-bond acceptors (Lipinski definition) is 2. The SMILES string of the molecule is Nc1ccc(CCNC(=O)c2cc(Br)cn2C2CC2)cc1. The maximum atomic E-state index is 12.3. The number of carbonyl (C=O) groups is 1. The average Bonchev–Trinajstić information content (AvgIpc) is 3.23. The molecule has 0 aliphatic heterocycles. The number of nitrogen functional groups attached to an aromatic ring is 1. The molecule has 0 saturated heterocycles. The van der Waals surface area contributed by atoms with Crippen LogP contribution in [0.2, 0.25) is 0 Å². The number of amides is 1. The van der Waals surface area contributed by atoms with E-state index in [-0.39, 0.29) is 5.91 Å². The maximum Gasteiger partial charge on any atom is 0.267 e. The van der Waals surface area contributed by atoms with Gasteiger partial charge in [0.05, 0.1) is 0 Å². The van der Waals surface area contributed by atoms with Crippen molar-refractivity contribution in [2.75, 3.05) is 12.3 Å². The van der Waals surface area contributed by atoms with E-state index in [1.165, 1.54) is 5.56 Å². The second kappa shape index (κ2) is 5.93. The van der Waals surface area contributed by atoms with Gasteiger partial charge >= 0.3 is 0 Å². The van der Waals surface area contributed by atoms with Gasteiger partial charge in [-0.05, 0) is 59.0 Å². The monoisotopic (exact) mass is 347 g/mol. The summed E-state index contributed by atoms with van der Waals surface area (Å²) in [6.07, 6.45) is 5.11. The number of nitrogens with zero attached hydrogens (tertiary/aromatic N) is 1. The number of hydrogen-bond donors (Lipinski definition) is 2. The molecule has 1 aliphatic rings. The smallest absolute Gasteiger partial charge is 0.267 e. The number of halogens is 1. The minimum absolute atomic E-state index is 0.0111. The highest BCUT2D eigenvalue weighted by Crippen LogP contribution is 2.37. The second-order valence-corrected chi connectivity index (χ2v) is 6.35. The average molecular weight is 348 g/mol. The molecule has 1 saturated carbocycles. The molecule has 0 spiro atoms. The standard InChI is InChI=1S/C16H18BrN3O/c17-12-9-15(20(10-12)14-5-6-14)16(21)19-8-7-11-1-3-13(18)4-2-11/h1-4,9-10,14H,5-8,18H2,(H,19,21). The van der Waals surface area contributed by atoms with Crippen LogP contribution in [0.1, 0.15) is 34.9 Å². The molecule has 1 aromatic heterocycles. The molecular weight excluding hydrogens is 330 g/mol. The maximum absolute atomic E-state index is 12.3. The van der Waals surface area contributed by atoms with E-state index in [1.54, 1.807) is 0 Å². The van der Waals surface area contributed by atoms with Crippen LogP contribution in [-0.2, 0) is 6.42 Å². The van der Waals surface area contributed by atoms with E-state index in [2.05, 4.69) is 25.8 Å². The minimum Gasteiger partial charge on any atom is -0.399 e. The number of nitrogens with two attached hydrogens (primary N) is 1. The Morgan fingerprint density at radius 2 is 2.05 bits per heavy atom. The Hall–Kier alpha value is -1.75.